The Labute approximate surface area is 177 Å². The number of piperazine rings is 1. The Morgan fingerprint density at radius 2 is 2.13 bits per heavy atom. The topological polar surface area (TPSA) is 109 Å². The fraction of sp³-hybridized carbons (Fsp3) is 0.381. The van der Waals surface area contributed by atoms with Gasteiger partial charge in [-0.15, -0.1) is 0 Å². The third kappa shape index (κ3) is 4.80. The Balaban J connectivity index is 1.41. The minimum absolute atomic E-state index is 0.0275. The lowest BCUT2D eigenvalue weighted by Gasteiger charge is -2.31. The molecule has 2 aliphatic heterocycles. The van der Waals surface area contributed by atoms with Gasteiger partial charge in [0, 0.05) is 44.5 Å². The van der Waals surface area contributed by atoms with E-state index in [1.165, 1.54) is 12.3 Å². The number of nitrogens with one attached hydrogen (secondary N) is 2. The van der Waals surface area contributed by atoms with E-state index in [9.17, 15) is 13.6 Å². The molecular weight excluding hydrogens is 406 g/mol. The van der Waals surface area contributed by atoms with Gasteiger partial charge < -0.3 is 21.2 Å². The van der Waals surface area contributed by atoms with Crippen LogP contribution < -0.4 is 16.7 Å². The van der Waals surface area contributed by atoms with Crippen LogP contribution in [-0.4, -0.2) is 58.4 Å². The van der Waals surface area contributed by atoms with Gasteiger partial charge in [-0.2, -0.15) is 4.98 Å². The summed E-state index contributed by atoms with van der Waals surface area (Å²) in [6.45, 7) is 2.09. The Kier molecular flexibility index (Phi) is 5.84. The van der Waals surface area contributed by atoms with Crippen molar-refractivity contribution >= 4 is 11.5 Å². The molecule has 0 unspecified atom stereocenters. The molecule has 3 heterocycles. The third-order valence-corrected chi connectivity index (χ3v) is 5.33. The van der Waals surface area contributed by atoms with E-state index >= 15 is 0 Å². The second-order valence-electron chi connectivity index (χ2n) is 7.73. The first-order chi connectivity index (χ1) is 14.8. The molecule has 31 heavy (non-hydrogen) atoms. The Morgan fingerprint density at radius 3 is 2.87 bits per heavy atom. The van der Waals surface area contributed by atoms with Gasteiger partial charge in [-0.1, -0.05) is 30.3 Å². The van der Waals surface area contributed by atoms with E-state index in [1.54, 1.807) is 6.08 Å². The summed E-state index contributed by atoms with van der Waals surface area (Å²) in [5.74, 6) is -3.23. The first kappa shape index (κ1) is 21.1. The van der Waals surface area contributed by atoms with E-state index in [0.29, 0.717) is 31.9 Å². The molecule has 8 nitrogen and oxygen atoms in total. The zero-order valence-corrected chi connectivity index (χ0v) is 16.8. The van der Waals surface area contributed by atoms with Crippen molar-refractivity contribution in [2.45, 2.75) is 24.7 Å². The summed E-state index contributed by atoms with van der Waals surface area (Å²) in [5.41, 5.74) is 6.61. The first-order valence-electron chi connectivity index (χ1n) is 10.0. The first-order valence-corrected chi connectivity index (χ1v) is 10.0. The highest BCUT2D eigenvalue weighted by Crippen LogP contribution is 2.42. The quantitative estimate of drug-likeness (QED) is 0.622. The molecule has 1 aromatic heterocycles. The average Bonchev–Trinajstić information content (AvgIpc) is 3.02. The van der Waals surface area contributed by atoms with Crippen LogP contribution in [-0.2, 0) is 4.74 Å². The fourth-order valence-electron chi connectivity index (χ4n) is 3.88. The number of nitrogens with zero attached hydrogens (tertiary/aromatic N) is 3. The highest BCUT2D eigenvalue weighted by molar-refractivity contribution is 6.06. The molecule has 4 rings (SSSR count). The number of nitrogens with two attached hydrogens (primary N) is 1. The predicted molar refractivity (Wildman–Crippen MR) is 112 cm³/mol. The maximum Gasteiger partial charge on any atom is 0.351 e. The molecule has 10 heteroatoms. The van der Waals surface area contributed by atoms with Crippen LogP contribution in [0.2, 0.25) is 0 Å². The average molecular weight is 430 g/mol. The molecule has 2 saturated heterocycles. The van der Waals surface area contributed by atoms with Gasteiger partial charge in [-0.25, -0.2) is 13.6 Å². The Morgan fingerprint density at radius 1 is 1.35 bits per heavy atom. The Hall–Kier alpha value is -3.11. The van der Waals surface area contributed by atoms with E-state index in [4.69, 9.17) is 15.9 Å². The maximum atomic E-state index is 14.6. The normalized spacial score (nSPS) is 24.8. The number of nitrogen functional groups attached to an aromatic ring is 1. The SMILES string of the molecule is N=C(/C=C1/CN(C[C@@H]2CC(F)(F)[C@H](n3ccc(N)nc3=O)O2)CCN1)c1ccccc1. The van der Waals surface area contributed by atoms with Crippen LogP contribution >= 0.6 is 0 Å². The van der Waals surface area contributed by atoms with Crippen LogP contribution in [0.25, 0.3) is 0 Å². The molecular formula is C21H24F2N6O2. The van der Waals surface area contributed by atoms with Crippen LogP contribution in [0.4, 0.5) is 14.6 Å². The number of halogens is 2. The standard InChI is InChI=1S/C21H24F2N6O2/c22-21(23)11-16(31-19(21)29-8-6-18(25)27-20(29)30)13-28-9-7-26-15(12-28)10-17(24)14-4-2-1-3-5-14/h1-6,8,10,16,19,24,26H,7,9,11-13H2,(H2,25,27,30)/b15-10-,24-17?/t16-,19+/m0/s1. The number of aromatic nitrogens is 2. The van der Waals surface area contributed by atoms with Gasteiger partial charge in [0.2, 0.25) is 6.23 Å². The van der Waals surface area contributed by atoms with E-state index in [0.717, 1.165) is 15.8 Å². The number of allylic oxidation sites excluding steroid dienone is 1. The molecule has 0 radical (unpaired) electrons. The molecule has 0 saturated carbocycles. The lowest BCUT2D eigenvalue weighted by molar-refractivity contribution is -0.118. The molecule has 4 N–H and O–H groups in total. The summed E-state index contributed by atoms with van der Waals surface area (Å²) >= 11 is 0. The van der Waals surface area contributed by atoms with Gasteiger partial charge in [-0.05, 0) is 17.7 Å². The predicted octanol–water partition coefficient (Wildman–Crippen LogP) is 1.61. The highest BCUT2D eigenvalue weighted by atomic mass is 19.3. The zero-order valence-electron chi connectivity index (χ0n) is 16.8. The van der Waals surface area contributed by atoms with Crippen LogP contribution in [0.3, 0.4) is 0 Å². The number of rotatable bonds is 5. The van der Waals surface area contributed by atoms with Crippen LogP contribution in [0.5, 0.6) is 0 Å². The Bertz CT molecular complexity index is 1040. The van der Waals surface area contributed by atoms with Crippen molar-refractivity contribution in [2.75, 3.05) is 31.9 Å². The summed E-state index contributed by atoms with van der Waals surface area (Å²) in [4.78, 5) is 17.5. The van der Waals surface area contributed by atoms with Crippen LogP contribution in [0, 0.1) is 5.41 Å². The van der Waals surface area contributed by atoms with E-state index < -0.39 is 30.4 Å². The van der Waals surface area contributed by atoms with E-state index in [-0.39, 0.29) is 5.82 Å². The van der Waals surface area contributed by atoms with Crippen molar-refractivity contribution < 1.29 is 13.5 Å². The fourth-order valence-corrected chi connectivity index (χ4v) is 3.88. The lowest BCUT2D eigenvalue weighted by Crippen LogP contribution is -2.45. The van der Waals surface area contributed by atoms with Crippen molar-refractivity contribution in [3.05, 3.63) is 70.4 Å². The number of hydrogen-bond acceptors (Lipinski definition) is 7. The van der Waals surface area contributed by atoms with Crippen molar-refractivity contribution in [3.8, 4) is 0 Å². The van der Waals surface area contributed by atoms with Crippen LogP contribution in [0.15, 0.2) is 59.2 Å². The van der Waals surface area contributed by atoms with Crippen molar-refractivity contribution in [1.29, 1.82) is 5.41 Å². The second kappa shape index (κ2) is 8.56. The largest absolute Gasteiger partial charge is 0.386 e. The number of ether oxygens (including phenoxy) is 1. The summed E-state index contributed by atoms with van der Waals surface area (Å²) in [7, 11) is 0. The molecule has 2 atom stereocenters. The molecule has 0 aliphatic carbocycles. The summed E-state index contributed by atoms with van der Waals surface area (Å²) < 4.78 is 35.6. The highest BCUT2D eigenvalue weighted by Gasteiger charge is 2.52. The van der Waals surface area contributed by atoms with Gasteiger partial charge >= 0.3 is 5.69 Å². The minimum atomic E-state index is -3.20. The van der Waals surface area contributed by atoms with Gasteiger partial charge in [0.05, 0.1) is 11.8 Å². The molecule has 2 fully saturated rings. The van der Waals surface area contributed by atoms with Crippen molar-refractivity contribution in [1.82, 2.24) is 19.8 Å². The molecule has 164 valence electrons. The van der Waals surface area contributed by atoms with Crippen molar-refractivity contribution in [3.63, 3.8) is 0 Å². The van der Waals surface area contributed by atoms with E-state index in [1.807, 2.05) is 35.2 Å². The minimum Gasteiger partial charge on any atom is -0.386 e. The summed E-state index contributed by atoms with van der Waals surface area (Å²) in [6.07, 6.45) is 0.0114. The summed E-state index contributed by atoms with van der Waals surface area (Å²) in [5, 5.41) is 11.5. The maximum absolute atomic E-state index is 14.6. The number of anilines is 1. The lowest BCUT2D eigenvalue weighted by atomic mass is 10.1. The van der Waals surface area contributed by atoms with Crippen LogP contribution in [0.1, 0.15) is 18.2 Å². The molecule has 0 amide bonds. The molecule has 2 aliphatic rings. The van der Waals surface area contributed by atoms with Gasteiger partial charge in [0.15, 0.2) is 0 Å². The molecule has 1 aromatic carbocycles. The molecule has 0 spiro atoms. The van der Waals surface area contributed by atoms with Gasteiger partial charge in [-0.3, -0.25) is 9.47 Å². The van der Waals surface area contributed by atoms with Gasteiger partial charge in [0.25, 0.3) is 5.92 Å². The number of alkyl halides is 2. The number of benzene rings is 1. The zero-order chi connectivity index (χ0) is 22.0. The third-order valence-electron chi connectivity index (χ3n) is 5.33. The number of hydrogen-bond donors (Lipinski definition) is 3. The summed E-state index contributed by atoms with van der Waals surface area (Å²) in [6, 6.07) is 10.7. The monoisotopic (exact) mass is 430 g/mol. The van der Waals surface area contributed by atoms with Crippen molar-refractivity contribution in [2.24, 2.45) is 0 Å². The molecule has 0 bridgehead atoms. The van der Waals surface area contributed by atoms with Gasteiger partial charge in [0.1, 0.15) is 5.82 Å². The second-order valence-corrected chi connectivity index (χ2v) is 7.73. The van der Waals surface area contributed by atoms with E-state index in [2.05, 4.69) is 10.3 Å². The smallest absolute Gasteiger partial charge is 0.351 e. The molecule has 2 aromatic rings.